The Balaban J connectivity index is 1.44. The lowest BCUT2D eigenvalue weighted by Crippen LogP contribution is -2.18. The lowest BCUT2D eigenvalue weighted by molar-refractivity contribution is -0.113. The van der Waals surface area contributed by atoms with Crippen molar-refractivity contribution in [2.24, 2.45) is 0 Å². The fourth-order valence-electron chi connectivity index (χ4n) is 2.87. The number of carbonyl (C=O) groups is 2. The molecule has 0 atom stereocenters. The van der Waals surface area contributed by atoms with E-state index in [4.69, 9.17) is 0 Å². The van der Waals surface area contributed by atoms with Gasteiger partial charge in [0.15, 0.2) is 0 Å². The van der Waals surface area contributed by atoms with Crippen LogP contribution in [-0.4, -0.2) is 34.6 Å². The molecule has 150 valence electrons. The number of thiophene rings is 1. The van der Waals surface area contributed by atoms with E-state index in [1.165, 1.54) is 18.1 Å². The van der Waals surface area contributed by atoms with Crippen molar-refractivity contribution in [2.45, 2.75) is 5.03 Å². The molecule has 2 heterocycles. The van der Waals surface area contributed by atoms with E-state index in [1.54, 1.807) is 42.6 Å². The van der Waals surface area contributed by atoms with Crippen LogP contribution in [0.2, 0.25) is 0 Å². The second-order valence-electron chi connectivity index (χ2n) is 6.37. The molecule has 2 amide bonds. The Bertz CT molecular complexity index is 1190. The van der Waals surface area contributed by atoms with Crippen LogP contribution in [0.3, 0.4) is 0 Å². The summed E-state index contributed by atoms with van der Waals surface area (Å²) in [6, 6.07) is 19.0. The average Bonchev–Trinajstić information content (AvgIpc) is 3.23. The molecule has 0 fully saturated rings. The van der Waals surface area contributed by atoms with Gasteiger partial charge in [0.05, 0.1) is 5.75 Å². The summed E-state index contributed by atoms with van der Waals surface area (Å²) in [5.41, 5.74) is 2.32. The molecule has 0 saturated heterocycles. The van der Waals surface area contributed by atoms with Gasteiger partial charge in [-0.05, 0) is 35.9 Å². The predicted octanol–water partition coefficient (Wildman–Crippen LogP) is 4.45. The SMILES string of the molecule is CNC(=O)c1ccc(NC(=O)CSc2ncnc3sc(-c4ccccc4)cc23)cc1. The van der Waals surface area contributed by atoms with Crippen LogP contribution in [0.4, 0.5) is 5.69 Å². The van der Waals surface area contributed by atoms with Gasteiger partial charge in [0, 0.05) is 28.6 Å². The molecule has 2 aromatic heterocycles. The van der Waals surface area contributed by atoms with Crippen molar-refractivity contribution in [1.82, 2.24) is 15.3 Å². The average molecular weight is 435 g/mol. The molecule has 0 radical (unpaired) electrons. The molecule has 30 heavy (non-hydrogen) atoms. The van der Waals surface area contributed by atoms with Gasteiger partial charge in [-0.15, -0.1) is 11.3 Å². The molecule has 4 aromatic rings. The fraction of sp³-hybridized carbons (Fsp3) is 0.0909. The Morgan fingerprint density at radius 2 is 1.80 bits per heavy atom. The number of aromatic nitrogens is 2. The van der Waals surface area contributed by atoms with Crippen molar-refractivity contribution in [1.29, 1.82) is 0 Å². The predicted molar refractivity (Wildman–Crippen MR) is 122 cm³/mol. The first-order chi connectivity index (χ1) is 14.6. The van der Waals surface area contributed by atoms with E-state index in [-0.39, 0.29) is 17.6 Å². The second-order valence-corrected chi connectivity index (χ2v) is 8.36. The number of benzene rings is 2. The molecular formula is C22H18N4O2S2. The van der Waals surface area contributed by atoms with E-state index in [9.17, 15) is 9.59 Å². The van der Waals surface area contributed by atoms with Crippen LogP contribution in [0, 0.1) is 0 Å². The van der Waals surface area contributed by atoms with Crippen molar-refractivity contribution < 1.29 is 9.59 Å². The summed E-state index contributed by atoms with van der Waals surface area (Å²) in [6.07, 6.45) is 1.53. The monoisotopic (exact) mass is 434 g/mol. The molecule has 0 unspecified atom stereocenters. The third-order valence-electron chi connectivity index (χ3n) is 4.35. The van der Waals surface area contributed by atoms with E-state index < -0.39 is 0 Å². The molecule has 0 spiro atoms. The molecule has 0 aliphatic carbocycles. The Morgan fingerprint density at radius 3 is 2.53 bits per heavy atom. The maximum atomic E-state index is 12.4. The topological polar surface area (TPSA) is 84.0 Å². The van der Waals surface area contributed by atoms with Gasteiger partial charge < -0.3 is 10.6 Å². The first kappa shape index (κ1) is 20.1. The van der Waals surface area contributed by atoms with Crippen LogP contribution in [0.15, 0.2) is 72.0 Å². The van der Waals surface area contributed by atoms with Crippen LogP contribution in [0.5, 0.6) is 0 Å². The van der Waals surface area contributed by atoms with Gasteiger partial charge in [0.25, 0.3) is 5.91 Å². The first-order valence-corrected chi connectivity index (χ1v) is 11.0. The minimum absolute atomic E-state index is 0.141. The van der Waals surface area contributed by atoms with Crippen molar-refractivity contribution >= 4 is 50.8 Å². The summed E-state index contributed by atoms with van der Waals surface area (Å²) >= 11 is 2.99. The Kier molecular flexibility index (Phi) is 6.06. The van der Waals surface area contributed by atoms with E-state index >= 15 is 0 Å². The summed E-state index contributed by atoms with van der Waals surface area (Å²) in [7, 11) is 1.58. The number of nitrogens with one attached hydrogen (secondary N) is 2. The number of rotatable bonds is 6. The van der Waals surface area contributed by atoms with Crippen LogP contribution >= 0.6 is 23.1 Å². The number of thioether (sulfide) groups is 1. The Hall–Kier alpha value is -3.23. The number of fused-ring (bicyclic) bond motifs is 1. The van der Waals surface area contributed by atoms with E-state index in [2.05, 4.69) is 38.8 Å². The summed E-state index contributed by atoms with van der Waals surface area (Å²) < 4.78 is 0. The van der Waals surface area contributed by atoms with Gasteiger partial charge in [-0.1, -0.05) is 42.1 Å². The standard InChI is InChI=1S/C22H18N4O2S2/c1-23-20(28)15-7-9-16(10-8-15)26-19(27)12-29-21-17-11-18(14-5-3-2-4-6-14)30-22(17)25-13-24-21/h2-11,13H,12H2,1H3,(H,23,28)(H,26,27). The summed E-state index contributed by atoms with van der Waals surface area (Å²) in [5.74, 6) is -0.0837. The van der Waals surface area contributed by atoms with Crippen LogP contribution in [-0.2, 0) is 4.79 Å². The number of amides is 2. The Labute approximate surface area is 181 Å². The minimum atomic E-state index is -0.165. The first-order valence-electron chi connectivity index (χ1n) is 9.19. The summed E-state index contributed by atoms with van der Waals surface area (Å²) in [5, 5.41) is 7.14. The number of hydrogen-bond donors (Lipinski definition) is 2. The smallest absolute Gasteiger partial charge is 0.251 e. The molecule has 0 aliphatic rings. The molecular weight excluding hydrogens is 416 g/mol. The number of carbonyl (C=O) groups excluding carboxylic acids is 2. The van der Waals surface area contributed by atoms with E-state index in [0.29, 0.717) is 11.3 Å². The fourth-order valence-corrected chi connectivity index (χ4v) is 4.72. The van der Waals surface area contributed by atoms with Gasteiger partial charge in [0.2, 0.25) is 5.91 Å². The lowest BCUT2D eigenvalue weighted by atomic mass is 10.2. The van der Waals surface area contributed by atoms with E-state index in [1.807, 2.05) is 18.2 Å². The lowest BCUT2D eigenvalue weighted by Gasteiger charge is -2.06. The minimum Gasteiger partial charge on any atom is -0.355 e. The molecule has 2 N–H and O–H groups in total. The Morgan fingerprint density at radius 1 is 1.03 bits per heavy atom. The maximum Gasteiger partial charge on any atom is 0.251 e. The van der Waals surface area contributed by atoms with Gasteiger partial charge in [-0.3, -0.25) is 9.59 Å². The molecule has 0 saturated carbocycles. The van der Waals surface area contributed by atoms with Crippen molar-refractivity contribution in [3.05, 3.63) is 72.6 Å². The number of anilines is 1. The van der Waals surface area contributed by atoms with Gasteiger partial charge >= 0.3 is 0 Å². The highest BCUT2D eigenvalue weighted by atomic mass is 32.2. The maximum absolute atomic E-state index is 12.4. The van der Waals surface area contributed by atoms with Crippen molar-refractivity contribution in [3.8, 4) is 10.4 Å². The third kappa shape index (κ3) is 4.50. The number of nitrogens with zero attached hydrogens (tertiary/aromatic N) is 2. The second kappa shape index (κ2) is 9.06. The highest BCUT2D eigenvalue weighted by molar-refractivity contribution is 8.00. The van der Waals surface area contributed by atoms with Crippen LogP contribution < -0.4 is 10.6 Å². The highest BCUT2D eigenvalue weighted by Gasteiger charge is 2.12. The van der Waals surface area contributed by atoms with Crippen molar-refractivity contribution in [2.75, 3.05) is 18.1 Å². The zero-order valence-corrected chi connectivity index (χ0v) is 17.7. The van der Waals surface area contributed by atoms with Crippen LogP contribution in [0.25, 0.3) is 20.7 Å². The molecule has 4 rings (SSSR count). The van der Waals surface area contributed by atoms with E-state index in [0.717, 1.165) is 25.7 Å². The van der Waals surface area contributed by atoms with Gasteiger partial charge in [-0.25, -0.2) is 9.97 Å². The molecule has 6 nitrogen and oxygen atoms in total. The molecule has 8 heteroatoms. The van der Waals surface area contributed by atoms with Crippen molar-refractivity contribution in [3.63, 3.8) is 0 Å². The molecule has 0 aliphatic heterocycles. The quantitative estimate of drug-likeness (QED) is 0.346. The molecule has 2 aromatic carbocycles. The van der Waals surface area contributed by atoms with Gasteiger partial charge in [-0.2, -0.15) is 0 Å². The third-order valence-corrected chi connectivity index (χ3v) is 6.45. The highest BCUT2D eigenvalue weighted by Crippen LogP contribution is 2.36. The number of hydrogen-bond acceptors (Lipinski definition) is 6. The molecule has 0 bridgehead atoms. The van der Waals surface area contributed by atoms with Gasteiger partial charge in [0.1, 0.15) is 16.2 Å². The zero-order chi connectivity index (χ0) is 20.9. The summed E-state index contributed by atoms with van der Waals surface area (Å²) in [4.78, 5) is 34.7. The zero-order valence-electron chi connectivity index (χ0n) is 16.1. The summed E-state index contributed by atoms with van der Waals surface area (Å²) in [6.45, 7) is 0. The van der Waals surface area contributed by atoms with Crippen LogP contribution in [0.1, 0.15) is 10.4 Å². The normalized spacial score (nSPS) is 10.7. The largest absolute Gasteiger partial charge is 0.355 e.